The van der Waals surface area contributed by atoms with Crippen LogP contribution >= 0.6 is 22.9 Å². The molecule has 0 aliphatic rings. The van der Waals surface area contributed by atoms with Gasteiger partial charge in [0.25, 0.3) is 0 Å². The first kappa shape index (κ1) is 20.4. The molecule has 0 radical (unpaired) electrons. The molecule has 0 saturated carbocycles. The number of carbonyl (C=O) groups excluding carboxylic acids is 1. The van der Waals surface area contributed by atoms with E-state index in [1.807, 2.05) is 0 Å². The molecule has 7 nitrogen and oxygen atoms in total. The molecule has 3 rings (SSSR count). The Kier molecular flexibility index (Phi) is 6.09. The Hall–Kier alpha value is -2.33. The Morgan fingerprint density at radius 2 is 1.75 bits per heavy atom. The second-order valence-corrected chi connectivity index (χ2v) is 9.46. The molecule has 1 aromatic heterocycles. The first-order chi connectivity index (χ1) is 13.3. The summed E-state index contributed by atoms with van der Waals surface area (Å²) in [5.41, 5.74) is 1.37. The van der Waals surface area contributed by atoms with Crippen molar-refractivity contribution in [1.29, 1.82) is 0 Å². The van der Waals surface area contributed by atoms with Gasteiger partial charge in [0, 0.05) is 17.6 Å². The fraction of sp³-hybridized carbons (Fsp3) is 0.167. The number of benzene rings is 2. The van der Waals surface area contributed by atoms with Gasteiger partial charge in [-0.25, -0.2) is 8.42 Å². The third kappa shape index (κ3) is 4.74. The fourth-order valence-electron chi connectivity index (χ4n) is 2.51. The number of nitrogens with one attached hydrogen (secondary N) is 1. The largest absolute Gasteiger partial charge is 0.299 e. The number of halogens is 1. The van der Waals surface area contributed by atoms with Crippen molar-refractivity contribution in [3.8, 4) is 10.6 Å². The number of anilines is 1. The van der Waals surface area contributed by atoms with Crippen LogP contribution in [0, 0.1) is 0 Å². The summed E-state index contributed by atoms with van der Waals surface area (Å²) in [6.07, 6.45) is 1.06. The molecule has 146 valence electrons. The first-order valence-corrected chi connectivity index (χ1v) is 11.2. The first-order valence-electron chi connectivity index (χ1n) is 8.14. The van der Waals surface area contributed by atoms with Gasteiger partial charge in [0.05, 0.1) is 6.26 Å². The van der Waals surface area contributed by atoms with Gasteiger partial charge in [-0.15, -0.1) is 10.2 Å². The molecule has 0 spiro atoms. The molecule has 1 atom stereocenters. The minimum atomic E-state index is -3.60. The summed E-state index contributed by atoms with van der Waals surface area (Å²) in [5, 5.41) is 12.2. The zero-order chi connectivity index (χ0) is 20.3. The van der Waals surface area contributed by atoms with Crippen LogP contribution < -0.4 is 5.32 Å². The van der Waals surface area contributed by atoms with Gasteiger partial charge in [0.1, 0.15) is 11.0 Å². The van der Waals surface area contributed by atoms with Crippen molar-refractivity contribution in [2.45, 2.75) is 6.04 Å². The molecule has 1 N–H and O–H groups in total. The Balaban J connectivity index is 1.85. The molecule has 1 heterocycles. The number of hydrogen-bond donors (Lipinski definition) is 1. The molecule has 1 unspecified atom stereocenters. The highest BCUT2D eigenvalue weighted by atomic mass is 35.5. The molecule has 3 aromatic rings. The Morgan fingerprint density at radius 1 is 1.11 bits per heavy atom. The Bertz CT molecular complexity index is 1070. The zero-order valence-corrected chi connectivity index (χ0v) is 17.4. The van der Waals surface area contributed by atoms with Crippen molar-refractivity contribution in [3.63, 3.8) is 0 Å². The fourth-order valence-corrected chi connectivity index (χ4v) is 3.99. The van der Waals surface area contributed by atoms with Crippen LogP contribution in [-0.4, -0.2) is 42.1 Å². The molecule has 2 aromatic carbocycles. The Morgan fingerprint density at radius 3 is 2.36 bits per heavy atom. The lowest BCUT2D eigenvalue weighted by atomic mass is 10.1. The predicted octanol–water partition coefficient (Wildman–Crippen LogP) is 3.43. The molecule has 0 bridgehead atoms. The summed E-state index contributed by atoms with van der Waals surface area (Å²) < 4.78 is 25.1. The summed E-state index contributed by atoms with van der Waals surface area (Å²) in [4.78, 5) is 12.9. The number of aromatic nitrogens is 2. The van der Waals surface area contributed by atoms with E-state index in [-0.39, 0.29) is 5.13 Å². The second kappa shape index (κ2) is 8.36. The van der Waals surface area contributed by atoms with E-state index in [9.17, 15) is 13.2 Å². The minimum absolute atomic E-state index is 0.276. The molecule has 0 aliphatic carbocycles. The lowest BCUT2D eigenvalue weighted by Gasteiger charge is -2.25. The molecule has 1 amide bonds. The van der Waals surface area contributed by atoms with Crippen molar-refractivity contribution in [1.82, 2.24) is 14.5 Å². The number of rotatable bonds is 6. The predicted molar refractivity (Wildman–Crippen MR) is 111 cm³/mol. The maximum absolute atomic E-state index is 12.9. The molecule has 0 saturated heterocycles. The molecular formula is C18H17ClN4O3S2. The zero-order valence-electron chi connectivity index (χ0n) is 15.0. The minimum Gasteiger partial charge on any atom is -0.299 e. The van der Waals surface area contributed by atoms with E-state index in [1.165, 1.54) is 18.4 Å². The number of hydrogen-bond acceptors (Lipinski definition) is 6. The van der Waals surface area contributed by atoms with E-state index in [1.54, 1.807) is 54.6 Å². The number of likely N-dealkylation sites (N-methyl/N-ethyl adjacent to an activating group) is 1. The van der Waals surface area contributed by atoms with Crippen LogP contribution in [0.2, 0.25) is 5.02 Å². The van der Waals surface area contributed by atoms with Gasteiger partial charge in [-0.3, -0.25) is 10.1 Å². The molecule has 28 heavy (non-hydrogen) atoms. The standard InChI is InChI=1S/C18H17ClN4O3S2/c1-23(28(2,25)26)15(12-6-4-3-5-7-12)16(24)20-18-22-21-17(27-18)13-8-10-14(19)11-9-13/h3-11,15H,1-2H3,(H,20,22,24). The molecule has 0 aliphatic heterocycles. The van der Waals surface area contributed by atoms with Crippen molar-refractivity contribution in [2.75, 3.05) is 18.6 Å². The summed E-state index contributed by atoms with van der Waals surface area (Å²) in [7, 11) is -2.24. The van der Waals surface area contributed by atoms with Gasteiger partial charge < -0.3 is 0 Å². The topological polar surface area (TPSA) is 92.3 Å². The summed E-state index contributed by atoms with van der Waals surface area (Å²) >= 11 is 7.08. The van der Waals surface area contributed by atoms with Crippen molar-refractivity contribution in [3.05, 3.63) is 65.2 Å². The van der Waals surface area contributed by atoms with Crippen LogP contribution in [0.15, 0.2) is 54.6 Å². The Labute approximate surface area is 172 Å². The second-order valence-electron chi connectivity index (χ2n) is 6.00. The highest BCUT2D eigenvalue weighted by Gasteiger charge is 2.31. The molecule has 10 heteroatoms. The van der Waals surface area contributed by atoms with Crippen molar-refractivity contribution in [2.24, 2.45) is 0 Å². The van der Waals surface area contributed by atoms with Gasteiger partial charge in [-0.2, -0.15) is 4.31 Å². The average molecular weight is 437 g/mol. The third-order valence-electron chi connectivity index (χ3n) is 4.00. The summed E-state index contributed by atoms with van der Waals surface area (Å²) in [5.74, 6) is -0.516. The van der Waals surface area contributed by atoms with Crippen molar-refractivity contribution >= 4 is 44.0 Å². The molecular weight excluding hydrogens is 420 g/mol. The van der Waals surface area contributed by atoms with E-state index in [0.29, 0.717) is 15.6 Å². The van der Waals surface area contributed by atoms with Crippen LogP contribution in [-0.2, 0) is 14.8 Å². The quantitative estimate of drug-likeness (QED) is 0.639. The SMILES string of the molecule is CN(C(C(=O)Nc1nnc(-c2ccc(Cl)cc2)s1)c1ccccc1)S(C)(=O)=O. The number of sulfonamides is 1. The van der Waals surface area contributed by atoms with Gasteiger partial charge >= 0.3 is 0 Å². The maximum atomic E-state index is 12.9. The van der Waals surface area contributed by atoms with Gasteiger partial charge in [-0.1, -0.05) is 65.4 Å². The van der Waals surface area contributed by atoms with E-state index < -0.39 is 22.0 Å². The summed E-state index contributed by atoms with van der Waals surface area (Å²) in [6, 6.07) is 14.7. The molecule has 0 fully saturated rings. The normalized spacial score (nSPS) is 12.7. The van der Waals surface area contributed by atoms with E-state index in [2.05, 4.69) is 15.5 Å². The van der Waals surface area contributed by atoms with Gasteiger partial charge in [0.15, 0.2) is 0 Å². The number of nitrogens with zero attached hydrogens (tertiary/aromatic N) is 3. The highest BCUT2D eigenvalue weighted by molar-refractivity contribution is 7.88. The van der Waals surface area contributed by atoms with E-state index in [0.717, 1.165) is 16.1 Å². The lowest BCUT2D eigenvalue weighted by Crippen LogP contribution is -2.38. The lowest BCUT2D eigenvalue weighted by molar-refractivity contribution is -0.119. The van der Waals surface area contributed by atoms with Crippen LogP contribution in [0.3, 0.4) is 0 Å². The highest BCUT2D eigenvalue weighted by Crippen LogP contribution is 2.29. The maximum Gasteiger partial charge on any atom is 0.249 e. The van der Waals surface area contributed by atoms with Crippen LogP contribution in [0.25, 0.3) is 10.6 Å². The van der Waals surface area contributed by atoms with Gasteiger partial charge in [-0.05, 0) is 17.7 Å². The van der Waals surface area contributed by atoms with E-state index >= 15 is 0 Å². The van der Waals surface area contributed by atoms with Crippen molar-refractivity contribution < 1.29 is 13.2 Å². The average Bonchev–Trinajstić information content (AvgIpc) is 3.11. The summed E-state index contributed by atoms with van der Waals surface area (Å²) in [6.45, 7) is 0. The third-order valence-corrected chi connectivity index (χ3v) is 6.39. The smallest absolute Gasteiger partial charge is 0.249 e. The number of amides is 1. The van der Waals surface area contributed by atoms with Gasteiger partial charge in [0.2, 0.25) is 21.1 Å². The van der Waals surface area contributed by atoms with Crippen LogP contribution in [0.4, 0.5) is 5.13 Å². The number of carbonyl (C=O) groups is 1. The van der Waals surface area contributed by atoms with Crippen LogP contribution in [0.1, 0.15) is 11.6 Å². The van der Waals surface area contributed by atoms with E-state index in [4.69, 9.17) is 11.6 Å². The van der Waals surface area contributed by atoms with Crippen LogP contribution in [0.5, 0.6) is 0 Å². The monoisotopic (exact) mass is 436 g/mol.